The van der Waals surface area contributed by atoms with Gasteiger partial charge >= 0.3 is 0 Å². The van der Waals surface area contributed by atoms with Gasteiger partial charge in [-0.1, -0.05) is 11.8 Å². The van der Waals surface area contributed by atoms with E-state index in [0.717, 1.165) is 11.4 Å². The second kappa shape index (κ2) is 6.62. The first-order valence-electron chi connectivity index (χ1n) is 7.50. The zero-order valence-corrected chi connectivity index (χ0v) is 13.6. The average molecular weight is 334 g/mol. The number of benzene rings is 1. The van der Waals surface area contributed by atoms with E-state index in [-0.39, 0.29) is 23.4 Å². The molecule has 0 bridgehead atoms. The smallest absolute Gasteiger partial charge is 0.227 e. The highest BCUT2D eigenvalue weighted by Gasteiger charge is 2.37. The van der Waals surface area contributed by atoms with Crippen LogP contribution in [0.15, 0.2) is 24.3 Å². The van der Waals surface area contributed by atoms with E-state index in [2.05, 4.69) is 5.32 Å². The van der Waals surface area contributed by atoms with E-state index in [1.165, 1.54) is 11.8 Å². The number of amides is 2. The minimum Gasteiger partial charge on any atom is -0.497 e. The van der Waals surface area contributed by atoms with Crippen molar-refractivity contribution in [2.24, 2.45) is 5.92 Å². The standard InChI is InChI=1S/C16H18N2O4S/c1-22-12-4-2-11(3-5-12)18-9-10(8-14(18)19)15(20)17-13-6-7-23-16(13)21/h2-5,10,13H,6-9H2,1H3,(H,17,20)/t10-,13-/m0/s1. The molecule has 1 aromatic rings. The molecular formula is C16H18N2O4S. The van der Waals surface area contributed by atoms with E-state index >= 15 is 0 Å². The molecule has 6 nitrogen and oxygen atoms in total. The lowest BCUT2D eigenvalue weighted by atomic mass is 10.1. The van der Waals surface area contributed by atoms with Crippen LogP contribution in [0.25, 0.3) is 0 Å². The largest absolute Gasteiger partial charge is 0.497 e. The Morgan fingerprint density at radius 3 is 2.65 bits per heavy atom. The fourth-order valence-corrected chi connectivity index (χ4v) is 3.74. The number of rotatable bonds is 4. The van der Waals surface area contributed by atoms with Gasteiger partial charge in [0.15, 0.2) is 0 Å². The number of hydrogen-bond acceptors (Lipinski definition) is 5. The van der Waals surface area contributed by atoms with E-state index < -0.39 is 12.0 Å². The van der Waals surface area contributed by atoms with E-state index in [4.69, 9.17) is 4.74 Å². The minimum atomic E-state index is -0.414. The molecule has 2 aliphatic rings. The molecule has 7 heteroatoms. The van der Waals surface area contributed by atoms with Gasteiger partial charge in [0.05, 0.1) is 19.1 Å². The zero-order chi connectivity index (χ0) is 16.4. The second-order valence-electron chi connectivity index (χ2n) is 5.62. The van der Waals surface area contributed by atoms with Crippen LogP contribution >= 0.6 is 11.8 Å². The van der Waals surface area contributed by atoms with Gasteiger partial charge in [0.1, 0.15) is 5.75 Å². The fraction of sp³-hybridized carbons (Fsp3) is 0.438. The molecule has 0 unspecified atom stereocenters. The van der Waals surface area contributed by atoms with Crippen molar-refractivity contribution in [2.75, 3.05) is 24.3 Å². The lowest BCUT2D eigenvalue weighted by Gasteiger charge is -2.18. The average Bonchev–Trinajstić information content (AvgIpc) is 3.14. The van der Waals surface area contributed by atoms with Crippen molar-refractivity contribution < 1.29 is 19.1 Å². The lowest BCUT2D eigenvalue weighted by molar-refractivity contribution is -0.128. The van der Waals surface area contributed by atoms with Crippen molar-refractivity contribution in [3.8, 4) is 5.75 Å². The van der Waals surface area contributed by atoms with Crippen LogP contribution in [0.1, 0.15) is 12.8 Å². The highest BCUT2D eigenvalue weighted by Crippen LogP contribution is 2.27. The summed E-state index contributed by atoms with van der Waals surface area (Å²) in [6.07, 6.45) is 0.837. The predicted molar refractivity (Wildman–Crippen MR) is 87.5 cm³/mol. The summed E-state index contributed by atoms with van der Waals surface area (Å²) in [6.45, 7) is 0.338. The van der Waals surface area contributed by atoms with E-state index in [0.29, 0.717) is 18.7 Å². The molecule has 0 aromatic heterocycles. The Kier molecular flexibility index (Phi) is 4.56. The highest BCUT2D eigenvalue weighted by molar-refractivity contribution is 8.14. The number of hydrogen-bond donors (Lipinski definition) is 1. The van der Waals surface area contributed by atoms with Crippen LogP contribution in [0.5, 0.6) is 5.75 Å². The van der Waals surface area contributed by atoms with E-state index in [1.807, 2.05) is 0 Å². The third-order valence-corrected chi connectivity index (χ3v) is 5.14. The van der Waals surface area contributed by atoms with Crippen LogP contribution in [0, 0.1) is 5.92 Å². The molecule has 0 aliphatic carbocycles. The van der Waals surface area contributed by atoms with Gasteiger partial charge in [0.25, 0.3) is 0 Å². The summed E-state index contributed by atoms with van der Waals surface area (Å²) in [6, 6.07) is 6.76. The fourth-order valence-electron chi connectivity index (χ4n) is 2.81. The quantitative estimate of drug-likeness (QED) is 0.895. The number of carbonyl (C=O) groups excluding carboxylic acids is 3. The van der Waals surface area contributed by atoms with Gasteiger partial charge in [0.2, 0.25) is 16.9 Å². The van der Waals surface area contributed by atoms with E-state index in [1.54, 1.807) is 36.3 Å². The van der Waals surface area contributed by atoms with Crippen LogP contribution in [0.2, 0.25) is 0 Å². The minimum absolute atomic E-state index is 0.00897. The van der Waals surface area contributed by atoms with Crippen molar-refractivity contribution in [2.45, 2.75) is 18.9 Å². The first-order chi connectivity index (χ1) is 11.1. The Balaban J connectivity index is 1.64. The molecule has 1 N–H and O–H groups in total. The number of methoxy groups -OCH3 is 1. The molecule has 23 heavy (non-hydrogen) atoms. The highest BCUT2D eigenvalue weighted by atomic mass is 32.2. The van der Waals surface area contributed by atoms with Gasteiger partial charge in [-0.15, -0.1) is 0 Å². The third kappa shape index (κ3) is 3.34. The van der Waals surface area contributed by atoms with Gasteiger partial charge in [-0.05, 0) is 30.7 Å². The maximum atomic E-state index is 12.3. The summed E-state index contributed by atoms with van der Waals surface area (Å²) >= 11 is 1.25. The van der Waals surface area contributed by atoms with Gasteiger partial charge in [0, 0.05) is 24.4 Å². The number of carbonyl (C=O) groups is 3. The van der Waals surface area contributed by atoms with Crippen molar-refractivity contribution in [1.29, 1.82) is 0 Å². The summed E-state index contributed by atoms with van der Waals surface area (Å²) in [4.78, 5) is 37.7. The van der Waals surface area contributed by atoms with Crippen molar-refractivity contribution in [3.63, 3.8) is 0 Å². The zero-order valence-electron chi connectivity index (χ0n) is 12.8. The predicted octanol–water partition coefficient (Wildman–Crippen LogP) is 1.20. The summed E-state index contributed by atoms with van der Waals surface area (Å²) in [5, 5.41) is 2.78. The molecule has 2 aliphatic heterocycles. The molecule has 0 saturated carbocycles. The molecule has 2 fully saturated rings. The summed E-state index contributed by atoms with van der Waals surface area (Å²) in [5.41, 5.74) is 0.749. The normalized spacial score (nSPS) is 24.1. The molecule has 2 amide bonds. The molecule has 2 atom stereocenters. The molecule has 122 valence electrons. The molecule has 2 saturated heterocycles. The van der Waals surface area contributed by atoms with Crippen molar-refractivity contribution in [1.82, 2.24) is 5.32 Å². The Morgan fingerprint density at radius 2 is 2.04 bits per heavy atom. The topological polar surface area (TPSA) is 75.7 Å². The Morgan fingerprint density at radius 1 is 1.30 bits per heavy atom. The lowest BCUT2D eigenvalue weighted by Crippen LogP contribution is -2.41. The molecule has 0 radical (unpaired) electrons. The summed E-state index contributed by atoms with van der Waals surface area (Å²) in [5.74, 6) is 0.748. The number of anilines is 1. The maximum Gasteiger partial charge on any atom is 0.227 e. The molecule has 0 spiro atoms. The van der Waals surface area contributed by atoms with Crippen LogP contribution in [-0.4, -0.2) is 42.4 Å². The molecular weight excluding hydrogens is 316 g/mol. The summed E-state index contributed by atoms with van der Waals surface area (Å²) in [7, 11) is 1.58. The number of nitrogens with one attached hydrogen (secondary N) is 1. The van der Waals surface area contributed by atoms with Gasteiger partial charge < -0.3 is 15.0 Å². The van der Waals surface area contributed by atoms with E-state index in [9.17, 15) is 14.4 Å². The van der Waals surface area contributed by atoms with Crippen LogP contribution < -0.4 is 15.0 Å². The number of thioether (sulfide) groups is 1. The second-order valence-corrected chi connectivity index (χ2v) is 6.72. The first kappa shape index (κ1) is 15.9. The van der Waals surface area contributed by atoms with Crippen molar-refractivity contribution >= 4 is 34.4 Å². The summed E-state index contributed by atoms with van der Waals surface area (Å²) < 4.78 is 5.10. The first-order valence-corrected chi connectivity index (χ1v) is 8.48. The van der Waals surface area contributed by atoms with Gasteiger partial charge in [-0.25, -0.2) is 0 Å². The molecule has 2 heterocycles. The Labute approximate surface area is 138 Å². The van der Waals surface area contributed by atoms with Crippen molar-refractivity contribution in [3.05, 3.63) is 24.3 Å². The third-order valence-electron chi connectivity index (χ3n) is 4.13. The van der Waals surface area contributed by atoms with Crippen LogP contribution in [-0.2, 0) is 14.4 Å². The SMILES string of the molecule is COc1ccc(N2C[C@@H](C(=O)N[C@H]3CCSC3=O)CC2=O)cc1. The van der Waals surface area contributed by atoms with Gasteiger partial charge in [-0.2, -0.15) is 0 Å². The number of ether oxygens (including phenoxy) is 1. The molecule has 3 rings (SSSR count). The maximum absolute atomic E-state index is 12.3. The Bertz CT molecular complexity index is 631. The Hall–Kier alpha value is -2.02. The van der Waals surface area contributed by atoms with Crippen LogP contribution in [0.3, 0.4) is 0 Å². The van der Waals surface area contributed by atoms with Crippen LogP contribution in [0.4, 0.5) is 5.69 Å². The van der Waals surface area contributed by atoms with Gasteiger partial charge in [-0.3, -0.25) is 14.4 Å². The number of nitrogens with zero attached hydrogens (tertiary/aromatic N) is 1. The molecule has 1 aromatic carbocycles. The monoisotopic (exact) mass is 334 g/mol.